The molecule has 0 saturated carbocycles. The van der Waals surface area contributed by atoms with Crippen LogP contribution < -0.4 is 4.90 Å². The standard InChI is InChI=1S/C21H18N4O2/c1-24-18-6-7-22-10-17(18)16-4-2-13(8-19(16)24)14-3-5-20(23-9-14)25-11-15(12-25)21(26)27/h2-10,15H,11-12H2,1H3,(H,26,27). The van der Waals surface area contributed by atoms with Gasteiger partial charge in [-0.05, 0) is 29.8 Å². The largest absolute Gasteiger partial charge is 0.481 e. The molecule has 1 aliphatic heterocycles. The van der Waals surface area contributed by atoms with Crippen LogP contribution in [-0.2, 0) is 11.8 Å². The molecule has 0 bridgehead atoms. The second-order valence-corrected chi connectivity index (χ2v) is 7.03. The first-order valence-corrected chi connectivity index (χ1v) is 8.88. The molecule has 0 aliphatic carbocycles. The molecule has 27 heavy (non-hydrogen) atoms. The van der Waals surface area contributed by atoms with Crippen molar-refractivity contribution in [2.24, 2.45) is 13.0 Å². The first-order valence-electron chi connectivity index (χ1n) is 8.88. The third-order valence-corrected chi connectivity index (χ3v) is 5.44. The lowest BCUT2D eigenvalue weighted by Crippen LogP contribution is -2.50. The summed E-state index contributed by atoms with van der Waals surface area (Å²) in [4.78, 5) is 21.7. The van der Waals surface area contributed by atoms with Crippen LogP contribution in [-0.4, -0.2) is 38.7 Å². The van der Waals surface area contributed by atoms with Crippen molar-refractivity contribution in [3.8, 4) is 11.1 Å². The fourth-order valence-corrected chi connectivity index (χ4v) is 3.80. The van der Waals surface area contributed by atoms with Gasteiger partial charge in [-0.2, -0.15) is 0 Å². The molecule has 4 heterocycles. The third-order valence-electron chi connectivity index (χ3n) is 5.44. The Bertz CT molecular complexity index is 1170. The van der Waals surface area contributed by atoms with E-state index in [1.165, 1.54) is 5.39 Å². The minimum absolute atomic E-state index is 0.283. The van der Waals surface area contributed by atoms with E-state index >= 15 is 0 Å². The Morgan fingerprint density at radius 1 is 1.04 bits per heavy atom. The molecule has 4 aromatic rings. The quantitative estimate of drug-likeness (QED) is 0.608. The molecule has 134 valence electrons. The van der Waals surface area contributed by atoms with E-state index in [2.05, 4.69) is 39.8 Å². The molecular weight excluding hydrogens is 340 g/mol. The molecule has 1 aromatic carbocycles. The zero-order valence-electron chi connectivity index (χ0n) is 14.8. The van der Waals surface area contributed by atoms with Gasteiger partial charge in [0.25, 0.3) is 0 Å². The predicted octanol–water partition coefficient (Wildman–Crippen LogP) is 3.31. The smallest absolute Gasteiger partial charge is 0.310 e. The van der Waals surface area contributed by atoms with Crippen molar-refractivity contribution < 1.29 is 9.90 Å². The number of anilines is 1. The fraction of sp³-hybridized carbons (Fsp3) is 0.190. The van der Waals surface area contributed by atoms with E-state index in [0.717, 1.165) is 33.4 Å². The monoisotopic (exact) mass is 358 g/mol. The van der Waals surface area contributed by atoms with Crippen LogP contribution in [0.25, 0.3) is 32.9 Å². The van der Waals surface area contributed by atoms with Crippen molar-refractivity contribution >= 4 is 33.6 Å². The van der Waals surface area contributed by atoms with Crippen LogP contribution in [0.15, 0.2) is 55.0 Å². The summed E-state index contributed by atoms with van der Waals surface area (Å²) in [6.07, 6.45) is 5.58. The summed E-state index contributed by atoms with van der Waals surface area (Å²) in [6, 6.07) is 12.5. The van der Waals surface area contributed by atoms with E-state index < -0.39 is 5.97 Å². The lowest BCUT2D eigenvalue weighted by molar-refractivity contribution is -0.142. The first kappa shape index (κ1) is 15.8. The van der Waals surface area contributed by atoms with Gasteiger partial charge in [0, 0.05) is 60.6 Å². The van der Waals surface area contributed by atoms with Gasteiger partial charge >= 0.3 is 5.97 Å². The van der Waals surface area contributed by atoms with Crippen molar-refractivity contribution in [2.75, 3.05) is 18.0 Å². The summed E-state index contributed by atoms with van der Waals surface area (Å²) < 4.78 is 2.18. The number of carbonyl (C=O) groups is 1. The number of hydrogen-bond donors (Lipinski definition) is 1. The average Bonchev–Trinajstić information content (AvgIpc) is 2.93. The molecule has 1 aliphatic rings. The number of aryl methyl sites for hydroxylation is 1. The average molecular weight is 358 g/mol. The van der Waals surface area contributed by atoms with Gasteiger partial charge in [0.15, 0.2) is 0 Å². The van der Waals surface area contributed by atoms with Crippen molar-refractivity contribution in [2.45, 2.75) is 0 Å². The summed E-state index contributed by atoms with van der Waals surface area (Å²) in [7, 11) is 2.07. The molecule has 1 saturated heterocycles. The molecule has 6 heteroatoms. The lowest BCUT2D eigenvalue weighted by atomic mass is 10.0. The first-order chi connectivity index (χ1) is 13.1. The van der Waals surface area contributed by atoms with Gasteiger partial charge in [-0.15, -0.1) is 0 Å². The Balaban J connectivity index is 1.48. The summed E-state index contributed by atoms with van der Waals surface area (Å²) in [5.41, 5.74) is 4.47. The number of carboxylic acids is 1. The molecule has 3 aromatic heterocycles. The lowest BCUT2D eigenvalue weighted by Gasteiger charge is -2.37. The van der Waals surface area contributed by atoms with Crippen molar-refractivity contribution in [3.05, 3.63) is 55.0 Å². The third kappa shape index (κ3) is 2.44. The number of benzene rings is 1. The number of fused-ring (bicyclic) bond motifs is 3. The number of hydrogen-bond acceptors (Lipinski definition) is 4. The summed E-state index contributed by atoms with van der Waals surface area (Å²) in [5.74, 6) is -0.191. The van der Waals surface area contributed by atoms with Gasteiger partial charge in [-0.1, -0.05) is 12.1 Å². The molecule has 0 radical (unpaired) electrons. The van der Waals surface area contributed by atoms with Crippen LogP contribution in [0.5, 0.6) is 0 Å². The summed E-state index contributed by atoms with van der Waals surface area (Å²) in [6.45, 7) is 1.05. The number of aliphatic carboxylic acids is 1. The highest BCUT2D eigenvalue weighted by Crippen LogP contribution is 2.32. The van der Waals surface area contributed by atoms with E-state index in [4.69, 9.17) is 5.11 Å². The van der Waals surface area contributed by atoms with Crippen LogP contribution in [0.4, 0.5) is 5.82 Å². The zero-order valence-corrected chi connectivity index (χ0v) is 14.8. The van der Waals surface area contributed by atoms with Gasteiger partial charge in [0.1, 0.15) is 5.82 Å². The Kier molecular flexibility index (Phi) is 3.40. The Labute approximate surface area is 155 Å². The van der Waals surface area contributed by atoms with Gasteiger partial charge in [0.05, 0.1) is 11.4 Å². The fourth-order valence-electron chi connectivity index (χ4n) is 3.80. The van der Waals surface area contributed by atoms with Crippen LogP contribution in [0.3, 0.4) is 0 Å². The number of carboxylic acid groups (broad SMARTS) is 1. The topological polar surface area (TPSA) is 71.2 Å². The van der Waals surface area contributed by atoms with Gasteiger partial charge < -0.3 is 14.6 Å². The van der Waals surface area contributed by atoms with E-state index in [0.29, 0.717) is 13.1 Å². The zero-order chi connectivity index (χ0) is 18.5. The van der Waals surface area contributed by atoms with E-state index in [1.807, 2.05) is 41.7 Å². The number of pyridine rings is 2. The van der Waals surface area contributed by atoms with Gasteiger partial charge in [0.2, 0.25) is 0 Å². The predicted molar refractivity (Wildman–Crippen MR) is 105 cm³/mol. The van der Waals surface area contributed by atoms with E-state index in [-0.39, 0.29) is 5.92 Å². The number of rotatable bonds is 3. The number of aromatic nitrogens is 3. The van der Waals surface area contributed by atoms with Crippen LogP contribution in [0.2, 0.25) is 0 Å². The van der Waals surface area contributed by atoms with Crippen LogP contribution >= 0.6 is 0 Å². The molecule has 0 atom stereocenters. The molecular formula is C21H18N4O2. The Hall–Kier alpha value is -3.41. The minimum Gasteiger partial charge on any atom is -0.481 e. The SMILES string of the molecule is Cn1c2ccncc2c2ccc(-c3ccc(N4CC(C(=O)O)C4)nc3)cc21. The Morgan fingerprint density at radius 2 is 1.85 bits per heavy atom. The molecule has 1 N–H and O–H groups in total. The molecule has 1 fully saturated rings. The van der Waals surface area contributed by atoms with E-state index in [9.17, 15) is 4.79 Å². The van der Waals surface area contributed by atoms with Crippen molar-refractivity contribution in [1.29, 1.82) is 0 Å². The molecule has 0 spiro atoms. The maximum atomic E-state index is 10.9. The van der Waals surface area contributed by atoms with Gasteiger partial charge in [-0.3, -0.25) is 9.78 Å². The molecule has 5 rings (SSSR count). The second-order valence-electron chi connectivity index (χ2n) is 7.03. The molecule has 6 nitrogen and oxygen atoms in total. The van der Waals surface area contributed by atoms with Gasteiger partial charge in [-0.25, -0.2) is 4.98 Å². The minimum atomic E-state index is -0.735. The van der Waals surface area contributed by atoms with Crippen molar-refractivity contribution in [3.63, 3.8) is 0 Å². The number of nitrogens with zero attached hydrogens (tertiary/aromatic N) is 4. The highest BCUT2D eigenvalue weighted by Gasteiger charge is 2.33. The molecule has 0 amide bonds. The highest BCUT2D eigenvalue weighted by atomic mass is 16.4. The van der Waals surface area contributed by atoms with Crippen molar-refractivity contribution in [1.82, 2.24) is 14.5 Å². The summed E-state index contributed by atoms with van der Waals surface area (Å²) >= 11 is 0. The highest BCUT2D eigenvalue weighted by molar-refractivity contribution is 6.08. The maximum Gasteiger partial charge on any atom is 0.310 e. The van der Waals surface area contributed by atoms with E-state index in [1.54, 1.807) is 0 Å². The Morgan fingerprint density at radius 3 is 2.59 bits per heavy atom. The van der Waals surface area contributed by atoms with Crippen LogP contribution in [0.1, 0.15) is 0 Å². The normalized spacial score (nSPS) is 14.6. The summed E-state index contributed by atoms with van der Waals surface area (Å²) in [5, 5.41) is 11.3. The maximum absolute atomic E-state index is 10.9. The second kappa shape index (κ2) is 5.81. The van der Waals surface area contributed by atoms with Crippen LogP contribution in [0, 0.1) is 5.92 Å². The molecule has 0 unspecified atom stereocenters.